The van der Waals surface area contributed by atoms with Crippen LogP contribution in [-0.2, 0) is 14.4 Å². The van der Waals surface area contributed by atoms with E-state index < -0.39 is 34.5 Å². The zero-order valence-corrected chi connectivity index (χ0v) is 33.1. The molecule has 11 nitrogen and oxygen atoms in total. The lowest BCUT2D eigenvalue weighted by Crippen LogP contribution is -2.56. The van der Waals surface area contributed by atoms with Gasteiger partial charge in [0.05, 0.1) is 51.9 Å². The van der Waals surface area contributed by atoms with Crippen molar-refractivity contribution < 1.29 is 23.9 Å². The summed E-state index contributed by atoms with van der Waals surface area (Å²) >= 11 is 0. The van der Waals surface area contributed by atoms with Gasteiger partial charge in [0.25, 0.3) is 11.8 Å². The molecule has 0 radical (unpaired) electrons. The number of nitriles is 1. The maximum absolute atomic E-state index is 14.4. The first-order chi connectivity index (χ1) is 26.0. The smallest absolute Gasteiger partial charge is 0.265 e. The second kappa shape index (κ2) is 16.1. The van der Waals surface area contributed by atoms with E-state index in [1.54, 1.807) is 38.1 Å². The van der Waals surface area contributed by atoms with Crippen molar-refractivity contribution >= 4 is 46.3 Å². The molecular formula is C44H50N6O5. The summed E-state index contributed by atoms with van der Waals surface area (Å²) in [6.07, 6.45) is 1.44. The lowest BCUT2D eigenvalue weighted by atomic mass is 9.59. The van der Waals surface area contributed by atoms with Crippen LogP contribution in [0.15, 0.2) is 88.7 Å². The number of anilines is 2. The number of para-hydroxylation sites is 1. The normalized spacial score (nSPS) is 17.0. The number of amides is 3. The summed E-state index contributed by atoms with van der Waals surface area (Å²) in [5.74, 6) is -1.13. The Labute approximate surface area is 323 Å². The van der Waals surface area contributed by atoms with E-state index in [0.717, 1.165) is 28.9 Å². The topological polar surface area (TPSA) is 153 Å². The minimum atomic E-state index is -0.977. The van der Waals surface area contributed by atoms with E-state index in [1.165, 1.54) is 6.08 Å². The quantitative estimate of drug-likeness (QED) is 0.162. The lowest BCUT2D eigenvalue weighted by Gasteiger charge is -2.47. The Balaban J connectivity index is 1.49. The van der Waals surface area contributed by atoms with E-state index in [-0.39, 0.29) is 22.9 Å². The minimum Gasteiger partial charge on any atom is -0.480 e. The molecule has 3 amide bonds. The molecular weight excluding hydrogens is 693 g/mol. The number of hydrogen-bond donors (Lipinski definition) is 3. The molecule has 1 unspecified atom stereocenters. The van der Waals surface area contributed by atoms with Gasteiger partial charge in [-0.15, -0.1) is 0 Å². The van der Waals surface area contributed by atoms with Crippen LogP contribution in [-0.4, -0.2) is 48.4 Å². The summed E-state index contributed by atoms with van der Waals surface area (Å²) < 4.78 is 6.09. The van der Waals surface area contributed by atoms with Crippen LogP contribution in [0.2, 0.25) is 0 Å². The number of nitrogens with one attached hydrogen (secondary N) is 3. The van der Waals surface area contributed by atoms with Gasteiger partial charge in [0.1, 0.15) is 5.75 Å². The van der Waals surface area contributed by atoms with Gasteiger partial charge in [-0.2, -0.15) is 5.26 Å². The Morgan fingerprint density at radius 3 is 2.33 bits per heavy atom. The summed E-state index contributed by atoms with van der Waals surface area (Å²) in [5.41, 5.74) is 3.77. The molecule has 0 saturated heterocycles. The molecule has 3 aromatic carbocycles. The average Bonchev–Trinajstić information content (AvgIpc) is 3.13. The van der Waals surface area contributed by atoms with Crippen molar-refractivity contribution in [2.24, 2.45) is 15.8 Å². The number of ether oxygens (including phenoxy) is 1. The fraction of sp³-hybridized carbons (Fsp3) is 0.364. The maximum Gasteiger partial charge on any atom is 0.265 e. The highest BCUT2D eigenvalue weighted by Gasteiger charge is 2.54. The zero-order valence-electron chi connectivity index (χ0n) is 33.1. The van der Waals surface area contributed by atoms with Gasteiger partial charge < -0.3 is 25.6 Å². The zero-order chi connectivity index (χ0) is 40.2. The van der Waals surface area contributed by atoms with Crippen LogP contribution >= 0.6 is 0 Å². The summed E-state index contributed by atoms with van der Waals surface area (Å²) in [6.45, 7) is 18.3. The Morgan fingerprint density at radius 1 is 0.945 bits per heavy atom. The first-order valence-corrected chi connectivity index (χ1v) is 18.6. The van der Waals surface area contributed by atoms with Crippen molar-refractivity contribution in [3.63, 3.8) is 0 Å². The number of aryl methyl sites for hydroxylation is 3. The van der Waals surface area contributed by atoms with Crippen LogP contribution in [0.5, 0.6) is 5.75 Å². The lowest BCUT2D eigenvalue weighted by molar-refractivity contribution is -0.135. The summed E-state index contributed by atoms with van der Waals surface area (Å²) in [5, 5.41) is 17.7. The van der Waals surface area contributed by atoms with Gasteiger partial charge in [-0.1, -0.05) is 64.4 Å². The first kappa shape index (κ1) is 40.2. The highest BCUT2D eigenvalue weighted by molar-refractivity contribution is 6.28. The van der Waals surface area contributed by atoms with Crippen molar-refractivity contribution in [1.82, 2.24) is 10.6 Å². The third-order valence-corrected chi connectivity index (χ3v) is 10.9. The number of carbonyl (C=O) groups is 4. The van der Waals surface area contributed by atoms with Crippen LogP contribution in [0.3, 0.4) is 0 Å². The van der Waals surface area contributed by atoms with Crippen molar-refractivity contribution in [3.05, 3.63) is 106 Å². The molecule has 0 spiro atoms. The molecule has 0 bridgehead atoms. The van der Waals surface area contributed by atoms with Crippen LogP contribution < -0.4 is 25.6 Å². The van der Waals surface area contributed by atoms with Crippen molar-refractivity contribution in [1.29, 1.82) is 5.26 Å². The second-order valence-corrected chi connectivity index (χ2v) is 15.1. The Hall–Kier alpha value is -6.02. The molecule has 286 valence electrons. The van der Waals surface area contributed by atoms with Gasteiger partial charge in [0.15, 0.2) is 6.10 Å². The number of aliphatic imine (C=N–C) groups is 1. The monoisotopic (exact) mass is 742 g/mol. The molecule has 3 aromatic rings. The van der Waals surface area contributed by atoms with Crippen LogP contribution in [0.4, 0.5) is 17.1 Å². The highest BCUT2D eigenvalue weighted by Crippen LogP contribution is 2.50. The van der Waals surface area contributed by atoms with E-state index in [2.05, 4.69) is 26.9 Å². The van der Waals surface area contributed by atoms with E-state index >= 15 is 0 Å². The number of allylic oxidation sites excluding steroid dienone is 2. The van der Waals surface area contributed by atoms with Crippen LogP contribution in [0, 0.1) is 42.9 Å². The average molecular weight is 743 g/mol. The largest absolute Gasteiger partial charge is 0.480 e. The number of Topliss-reactive ketones (excluding diaryl/α,β-unsaturated/α-hetero) is 1. The molecule has 0 fully saturated rings. The van der Waals surface area contributed by atoms with Crippen molar-refractivity contribution in [2.45, 2.75) is 81.3 Å². The number of carbonyl (C=O) groups excluding carboxylic acids is 4. The van der Waals surface area contributed by atoms with Crippen LogP contribution in [0.25, 0.3) is 0 Å². The van der Waals surface area contributed by atoms with Crippen molar-refractivity contribution in [3.8, 4) is 11.8 Å². The molecule has 5 rings (SSSR count). The number of benzene rings is 3. The molecule has 0 aromatic heterocycles. The predicted octanol–water partition coefficient (Wildman–Crippen LogP) is 7.55. The molecule has 3 N–H and O–H groups in total. The van der Waals surface area contributed by atoms with E-state index in [1.807, 2.05) is 84.9 Å². The summed E-state index contributed by atoms with van der Waals surface area (Å²) in [4.78, 5) is 62.5. The third-order valence-electron chi connectivity index (χ3n) is 10.9. The molecule has 1 aliphatic carbocycles. The number of ketones is 1. The maximum atomic E-state index is 14.4. The SMILES string of the molecule is CCC(Oc1ccc(C)cc1C)C(=O)Nc1ccccc1C(=O)NC1=CC(=Nc2ccc(N(CC)CCC#N)cc2C)C2=C(C1=O)C(C)(C)C(C)(C)C(=O)N2. The molecule has 0 saturated carbocycles. The summed E-state index contributed by atoms with van der Waals surface area (Å²) in [6, 6.07) is 20.3. The minimum absolute atomic E-state index is 0.0174. The third kappa shape index (κ3) is 8.09. The van der Waals surface area contributed by atoms with E-state index in [0.29, 0.717) is 47.8 Å². The van der Waals surface area contributed by atoms with Gasteiger partial charge in [-0.25, -0.2) is 4.99 Å². The fourth-order valence-electron chi connectivity index (χ4n) is 6.77. The number of nitrogens with zero attached hydrogens (tertiary/aromatic N) is 3. The Kier molecular flexibility index (Phi) is 11.8. The van der Waals surface area contributed by atoms with E-state index in [4.69, 9.17) is 15.0 Å². The van der Waals surface area contributed by atoms with Gasteiger partial charge in [0.2, 0.25) is 11.7 Å². The molecule has 1 atom stereocenters. The molecule has 2 aliphatic rings. The van der Waals surface area contributed by atoms with Crippen LogP contribution in [0.1, 0.15) is 81.4 Å². The van der Waals surface area contributed by atoms with Gasteiger partial charge in [-0.05, 0) is 87.7 Å². The van der Waals surface area contributed by atoms with Crippen molar-refractivity contribution in [2.75, 3.05) is 23.3 Å². The van der Waals surface area contributed by atoms with Gasteiger partial charge in [-0.3, -0.25) is 19.2 Å². The van der Waals surface area contributed by atoms with E-state index in [9.17, 15) is 19.2 Å². The summed E-state index contributed by atoms with van der Waals surface area (Å²) in [7, 11) is 0. The molecule has 55 heavy (non-hydrogen) atoms. The van der Waals surface area contributed by atoms with Gasteiger partial charge in [0, 0.05) is 29.8 Å². The number of rotatable bonds is 12. The standard InChI is InChI=1S/C44H50N6O5/c1-10-35(55-36-20-17-26(3)23-28(36)5)41(53)47-32-16-13-12-15-30(32)40(52)48-34-25-33(38-37(39(34)51)43(6,7)44(8,9)42(54)49-38)46-31-19-18-29(24-27(31)4)50(11-2)22-14-21-45/h12-13,15-20,23-25,35H,10-11,14,22H2,1-9H3,(H,47,53)(H,48,52)(H,49,54). The Bertz CT molecular complexity index is 2190. The first-order valence-electron chi connectivity index (χ1n) is 18.6. The molecule has 1 heterocycles. The molecule has 11 heteroatoms. The molecule has 1 aliphatic heterocycles. The predicted molar refractivity (Wildman–Crippen MR) is 215 cm³/mol. The van der Waals surface area contributed by atoms with Gasteiger partial charge >= 0.3 is 0 Å². The fourth-order valence-corrected chi connectivity index (χ4v) is 6.77. The Morgan fingerprint density at radius 2 is 1.67 bits per heavy atom. The highest BCUT2D eigenvalue weighted by atomic mass is 16.5. The number of hydrogen-bond acceptors (Lipinski definition) is 8. The second-order valence-electron chi connectivity index (χ2n) is 15.1.